The van der Waals surface area contributed by atoms with Gasteiger partial charge in [-0.3, -0.25) is 9.59 Å². The molecule has 1 rings (SSSR count). The van der Waals surface area contributed by atoms with E-state index in [1.807, 2.05) is 25.3 Å². The van der Waals surface area contributed by atoms with Crippen LogP contribution in [0, 0.1) is 5.92 Å². The summed E-state index contributed by atoms with van der Waals surface area (Å²) in [6, 6.07) is 3.10. The Morgan fingerprint density at radius 3 is 2.63 bits per heavy atom. The van der Waals surface area contributed by atoms with Crippen molar-refractivity contribution in [1.29, 1.82) is 0 Å². The molecule has 106 valence electrons. The number of hydrogen-bond donors (Lipinski definition) is 3. The Bertz CT molecular complexity index is 406. The SMILES string of the molecule is CCC(C)C(N)C(=O)NCCNC(=O)c1cccs1. The highest BCUT2D eigenvalue weighted by Gasteiger charge is 2.18. The van der Waals surface area contributed by atoms with Crippen molar-refractivity contribution in [2.75, 3.05) is 13.1 Å². The van der Waals surface area contributed by atoms with E-state index in [1.165, 1.54) is 11.3 Å². The molecule has 0 aliphatic rings. The zero-order valence-corrected chi connectivity index (χ0v) is 12.1. The van der Waals surface area contributed by atoms with E-state index in [4.69, 9.17) is 5.73 Å². The topological polar surface area (TPSA) is 84.2 Å². The molecular weight excluding hydrogens is 262 g/mol. The summed E-state index contributed by atoms with van der Waals surface area (Å²) in [5.41, 5.74) is 5.79. The molecule has 0 radical (unpaired) electrons. The average molecular weight is 283 g/mol. The molecule has 0 bridgehead atoms. The summed E-state index contributed by atoms with van der Waals surface area (Å²) in [5, 5.41) is 7.31. The van der Waals surface area contributed by atoms with Gasteiger partial charge in [-0.1, -0.05) is 26.3 Å². The summed E-state index contributed by atoms with van der Waals surface area (Å²) in [7, 11) is 0. The van der Waals surface area contributed by atoms with Gasteiger partial charge in [0.15, 0.2) is 0 Å². The third kappa shape index (κ3) is 5.00. The fraction of sp³-hybridized carbons (Fsp3) is 0.538. The van der Waals surface area contributed by atoms with E-state index in [9.17, 15) is 9.59 Å². The fourth-order valence-electron chi connectivity index (χ4n) is 1.49. The molecule has 2 unspecified atom stereocenters. The minimum Gasteiger partial charge on any atom is -0.353 e. The van der Waals surface area contributed by atoms with Crippen LogP contribution < -0.4 is 16.4 Å². The van der Waals surface area contributed by atoms with Crippen LogP contribution in [0.1, 0.15) is 29.9 Å². The number of nitrogens with one attached hydrogen (secondary N) is 2. The van der Waals surface area contributed by atoms with Crippen molar-refractivity contribution >= 4 is 23.2 Å². The van der Waals surface area contributed by atoms with Gasteiger partial charge >= 0.3 is 0 Å². The standard InChI is InChI=1S/C13H21N3O2S/c1-3-9(2)11(14)13(18)16-7-6-15-12(17)10-5-4-8-19-10/h4-5,8-9,11H,3,6-7,14H2,1-2H3,(H,15,17)(H,16,18). The van der Waals surface area contributed by atoms with Crippen LogP contribution in [-0.2, 0) is 4.79 Å². The minimum absolute atomic E-state index is 0.115. The smallest absolute Gasteiger partial charge is 0.261 e. The number of carbonyl (C=O) groups is 2. The first-order valence-electron chi connectivity index (χ1n) is 6.41. The highest BCUT2D eigenvalue weighted by molar-refractivity contribution is 7.12. The lowest BCUT2D eigenvalue weighted by Gasteiger charge is -2.17. The molecule has 0 aromatic carbocycles. The lowest BCUT2D eigenvalue weighted by molar-refractivity contribution is -0.123. The van der Waals surface area contributed by atoms with Crippen molar-refractivity contribution in [3.8, 4) is 0 Å². The number of carbonyl (C=O) groups excluding carboxylic acids is 2. The molecule has 1 aromatic heterocycles. The zero-order valence-electron chi connectivity index (χ0n) is 11.3. The number of rotatable bonds is 7. The van der Waals surface area contributed by atoms with Crippen LogP contribution in [0.15, 0.2) is 17.5 Å². The molecule has 0 aliphatic heterocycles. The van der Waals surface area contributed by atoms with Gasteiger partial charge < -0.3 is 16.4 Å². The second kappa shape index (κ2) is 7.91. The second-order valence-electron chi connectivity index (χ2n) is 4.44. The summed E-state index contributed by atoms with van der Waals surface area (Å²) >= 11 is 1.39. The van der Waals surface area contributed by atoms with Crippen molar-refractivity contribution in [2.24, 2.45) is 11.7 Å². The molecule has 1 aromatic rings. The van der Waals surface area contributed by atoms with Gasteiger partial charge in [0.1, 0.15) is 0 Å². The van der Waals surface area contributed by atoms with Crippen LogP contribution in [0.25, 0.3) is 0 Å². The third-order valence-electron chi connectivity index (χ3n) is 3.01. The monoisotopic (exact) mass is 283 g/mol. The molecule has 2 amide bonds. The molecule has 0 fully saturated rings. The van der Waals surface area contributed by atoms with Crippen molar-refractivity contribution in [2.45, 2.75) is 26.3 Å². The Hall–Kier alpha value is -1.40. The van der Waals surface area contributed by atoms with Gasteiger partial charge in [0.2, 0.25) is 5.91 Å². The van der Waals surface area contributed by atoms with Crippen LogP contribution >= 0.6 is 11.3 Å². The Kier molecular flexibility index (Phi) is 6.52. The Labute approximate surface area is 117 Å². The number of thiophene rings is 1. The van der Waals surface area contributed by atoms with Crippen LogP contribution in [0.5, 0.6) is 0 Å². The van der Waals surface area contributed by atoms with Gasteiger partial charge in [-0.25, -0.2) is 0 Å². The molecule has 0 spiro atoms. The normalized spacial score (nSPS) is 13.6. The maximum absolute atomic E-state index is 11.7. The van der Waals surface area contributed by atoms with Gasteiger partial charge in [-0.2, -0.15) is 0 Å². The summed E-state index contributed by atoms with van der Waals surface area (Å²) in [6.07, 6.45) is 0.865. The van der Waals surface area contributed by atoms with E-state index in [2.05, 4.69) is 10.6 Å². The van der Waals surface area contributed by atoms with Crippen LogP contribution in [0.4, 0.5) is 0 Å². The van der Waals surface area contributed by atoms with Crippen molar-refractivity contribution in [1.82, 2.24) is 10.6 Å². The quantitative estimate of drug-likeness (QED) is 0.652. The molecule has 1 heterocycles. The number of hydrogen-bond acceptors (Lipinski definition) is 4. The Morgan fingerprint density at radius 1 is 1.37 bits per heavy atom. The van der Waals surface area contributed by atoms with Crippen LogP contribution in [-0.4, -0.2) is 30.9 Å². The molecular formula is C13H21N3O2S. The van der Waals surface area contributed by atoms with Gasteiger partial charge in [0.05, 0.1) is 10.9 Å². The predicted molar refractivity (Wildman–Crippen MR) is 77.1 cm³/mol. The summed E-state index contributed by atoms with van der Waals surface area (Å²) in [4.78, 5) is 23.9. The molecule has 0 saturated heterocycles. The lowest BCUT2D eigenvalue weighted by atomic mass is 9.99. The Morgan fingerprint density at radius 2 is 2.05 bits per heavy atom. The summed E-state index contributed by atoms with van der Waals surface area (Å²) < 4.78 is 0. The first kappa shape index (κ1) is 15.7. The lowest BCUT2D eigenvalue weighted by Crippen LogP contribution is -2.46. The third-order valence-corrected chi connectivity index (χ3v) is 3.88. The van der Waals surface area contributed by atoms with E-state index < -0.39 is 6.04 Å². The highest BCUT2D eigenvalue weighted by atomic mass is 32.1. The van der Waals surface area contributed by atoms with Crippen LogP contribution in [0.2, 0.25) is 0 Å². The maximum atomic E-state index is 11.7. The van der Waals surface area contributed by atoms with Crippen molar-refractivity contribution in [3.63, 3.8) is 0 Å². The molecule has 0 aliphatic carbocycles. The number of amides is 2. The predicted octanol–water partition coefficient (Wildman–Crippen LogP) is 0.968. The highest BCUT2D eigenvalue weighted by Crippen LogP contribution is 2.07. The first-order valence-corrected chi connectivity index (χ1v) is 7.29. The second-order valence-corrected chi connectivity index (χ2v) is 5.38. The van der Waals surface area contributed by atoms with E-state index >= 15 is 0 Å². The molecule has 5 nitrogen and oxygen atoms in total. The van der Waals surface area contributed by atoms with E-state index in [-0.39, 0.29) is 17.7 Å². The van der Waals surface area contributed by atoms with E-state index in [1.54, 1.807) is 6.07 Å². The first-order chi connectivity index (χ1) is 9.06. The van der Waals surface area contributed by atoms with Gasteiger partial charge in [0.25, 0.3) is 5.91 Å². The Balaban J connectivity index is 2.20. The maximum Gasteiger partial charge on any atom is 0.261 e. The average Bonchev–Trinajstić information content (AvgIpc) is 2.95. The van der Waals surface area contributed by atoms with E-state index in [0.29, 0.717) is 18.0 Å². The summed E-state index contributed by atoms with van der Waals surface area (Å²) in [6.45, 7) is 4.73. The van der Waals surface area contributed by atoms with Gasteiger partial charge in [-0.15, -0.1) is 11.3 Å². The number of nitrogens with two attached hydrogens (primary N) is 1. The minimum atomic E-state index is -0.488. The fourth-order valence-corrected chi connectivity index (χ4v) is 2.13. The molecule has 4 N–H and O–H groups in total. The molecule has 6 heteroatoms. The van der Waals surface area contributed by atoms with Crippen molar-refractivity contribution < 1.29 is 9.59 Å². The van der Waals surface area contributed by atoms with Gasteiger partial charge in [0, 0.05) is 13.1 Å². The van der Waals surface area contributed by atoms with Crippen molar-refractivity contribution in [3.05, 3.63) is 22.4 Å². The van der Waals surface area contributed by atoms with E-state index in [0.717, 1.165) is 6.42 Å². The molecule has 2 atom stereocenters. The molecule has 0 saturated carbocycles. The largest absolute Gasteiger partial charge is 0.353 e. The summed E-state index contributed by atoms with van der Waals surface area (Å²) in [5.74, 6) is -0.129. The van der Waals surface area contributed by atoms with Crippen LogP contribution in [0.3, 0.4) is 0 Å². The molecule has 19 heavy (non-hydrogen) atoms. The van der Waals surface area contributed by atoms with Gasteiger partial charge in [-0.05, 0) is 17.4 Å². The zero-order chi connectivity index (χ0) is 14.3.